The van der Waals surface area contributed by atoms with Crippen molar-refractivity contribution in [3.05, 3.63) is 12.2 Å². The van der Waals surface area contributed by atoms with Gasteiger partial charge in [0, 0.05) is 12.1 Å². The van der Waals surface area contributed by atoms with Crippen LogP contribution in [0.5, 0.6) is 0 Å². The Kier molecular flexibility index (Phi) is 2.01. The molecule has 0 amide bonds. The van der Waals surface area contributed by atoms with Gasteiger partial charge in [-0.3, -0.25) is 4.99 Å². The summed E-state index contributed by atoms with van der Waals surface area (Å²) in [6, 6.07) is 0. The zero-order chi connectivity index (χ0) is 6.69. The minimum Gasteiger partial charge on any atom is -0.330 e. The zero-order valence-corrected chi connectivity index (χ0v) is 5.56. The highest BCUT2D eigenvalue weighted by atomic mass is 14.8. The summed E-state index contributed by atoms with van der Waals surface area (Å²) in [5.41, 5.74) is 7.79. The Morgan fingerprint density at radius 3 is 2.89 bits per heavy atom. The van der Waals surface area contributed by atoms with Crippen molar-refractivity contribution >= 4 is 5.71 Å². The van der Waals surface area contributed by atoms with Crippen molar-refractivity contribution in [2.24, 2.45) is 10.7 Å². The lowest BCUT2D eigenvalue weighted by molar-refractivity contribution is 1.03. The lowest BCUT2D eigenvalue weighted by atomic mass is 10.1. The van der Waals surface area contributed by atoms with E-state index in [1.54, 1.807) is 0 Å². The molecule has 0 spiro atoms. The molecule has 0 aromatic carbocycles. The first-order valence-corrected chi connectivity index (χ1v) is 3.22. The highest BCUT2D eigenvalue weighted by Crippen LogP contribution is 2.10. The molecule has 2 N–H and O–H groups in total. The molecule has 0 aromatic rings. The molecular weight excluding hydrogens is 112 g/mol. The van der Waals surface area contributed by atoms with Crippen LogP contribution in [0.3, 0.4) is 0 Å². The van der Waals surface area contributed by atoms with Gasteiger partial charge in [0.15, 0.2) is 0 Å². The van der Waals surface area contributed by atoms with Crippen molar-refractivity contribution in [3.8, 4) is 0 Å². The fourth-order valence-electron chi connectivity index (χ4n) is 0.958. The topological polar surface area (TPSA) is 38.4 Å². The van der Waals surface area contributed by atoms with E-state index < -0.39 is 0 Å². The molecule has 1 heterocycles. The van der Waals surface area contributed by atoms with Crippen LogP contribution in [0, 0.1) is 0 Å². The van der Waals surface area contributed by atoms with Crippen LogP contribution in [0.1, 0.15) is 12.8 Å². The SMILES string of the molecule is C=C1CN=C(CCN)C1. The van der Waals surface area contributed by atoms with Gasteiger partial charge in [-0.2, -0.15) is 0 Å². The zero-order valence-electron chi connectivity index (χ0n) is 5.56. The maximum atomic E-state index is 5.34. The van der Waals surface area contributed by atoms with Crippen LogP contribution in [0.4, 0.5) is 0 Å². The second kappa shape index (κ2) is 2.78. The number of nitrogens with zero attached hydrogens (tertiary/aromatic N) is 1. The molecule has 2 heteroatoms. The number of hydrogen-bond acceptors (Lipinski definition) is 2. The molecule has 0 saturated heterocycles. The third-order valence-corrected chi connectivity index (χ3v) is 1.41. The molecular formula is C7H12N2. The Morgan fingerprint density at radius 1 is 1.67 bits per heavy atom. The van der Waals surface area contributed by atoms with Crippen LogP contribution in [0.15, 0.2) is 17.1 Å². The lowest BCUT2D eigenvalue weighted by Gasteiger charge is -1.92. The summed E-state index contributed by atoms with van der Waals surface area (Å²) in [5, 5.41) is 0. The maximum Gasteiger partial charge on any atom is 0.0600 e. The first-order chi connectivity index (χ1) is 4.33. The van der Waals surface area contributed by atoms with E-state index in [1.807, 2.05) is 0 Å². The molecule has 0 aliphatic carbocycles. The van der Waals surface area contributed by atoms with Crippen molar-refractivity contribution in [3.63, 3.8) is 0 Å². The fraction of sp³-hybridized carbons (Fsp3) is 0.571. The van der Waals surface area contributed by atoms with Gasteiger partial charge >= 0.3 is 0 Å². The van der Waals surface area contributed by atoms with Gasteiger partial charge in [0.2, 0.25) is 0 Å². The highest BCUT2D eigenvalue weighted by Gasteiger charge is 2.07. The quantitative estimate of drug-likeness (QED) is 0.542. The van der Waals surface area contributed by atoms with Crippen LogP contribution >= 0.6 is 0 Å². The van der Waals surface area contributed by atoms with E-state index in [-0.39, 0.29) is 0 Å². The minimum absolute atomic E-state index is 0.714. The predicted octanol–water partition coefficient (Wildman–Crippen LogP) is 0.736. The van der Waals surface area contributed by atoms with Crippen molar-refractivity contribution in [2.45, 2.75) is 12.8 Å². The van der Waals surface area contributed by atoms with Crippen LogP contribution in [0.2, 0.25) is 0 Å². The first kappa shape index (κ1) is 6.49. The van der Waals surface area contributed by atoms with E-state index in [4.69, 9.17) is 5.73 Å². The second-order valence-corrected chi connectivity index (χ2v) is 2.35. The molecule has 9 heavy (non-hydrogen) atoms. The number of rotatable bonds is 2. The largest absolute Gasteiger partial charge is 0.330 e. The van der Waals surface area contributed by atoms with Crippen LogP contribution in [-0.4, -0.2) is 18.8 Å². The molecule has 1 rings (SSSR count). The van der Waals surface area contributed by atoms with Gasteiger partial charge in [0.05, 0.1) is 6.54 Å². The Balaban J connectivity index is 2.36. The van der Waals surface area contributed by atoms with Crippen molar-refractivity contribution in [2.75, 3.05) is 13.1 Å². The van der Waals surface area contributed by atoms with Gasteiger partial charge in [-0.25, -0.2) is 0 Å². The summed E-state index contributed by atoms with van der Waals surface area (Å²) >= 11 is 0. The standard InChI is InChI=1S/C7H12N2/c1-6-4-7(2-3-8)9-5-6/h1-5,8H2. The second-order valence-electron chi connectivity index (χ2n) is 2.35. The average molecular weight is 124 g/mol. The summed E-state index contributed by atoms with van der Waals surface area (Å²) in [4.78, 5) is 4.24. The smallest absolute Gasteiger partial charge is 0.0600 e. The summed E-state index contributed by atoms with van der Waals surface area (Å²) in [6.07, 6.45) is 1.93. The number of nitrogens with two attached hydrogens (primary N) is 1. The summed E-state index contributed by atoms with van der Waals surface area (Å²) in [7, 11) is 0. The van der Waals surface area contributed by atoms with E-state index in [9.17, 15) is 0 Å². The molecule has 0 saturated carbocycles. The monoisotopic (exact) mass is 124 g/mol. The van der Waals surface area contributed by atoms with E-state index in [1.165, 1.54) is 11.3 Å². The number of hydrogen-bond donors (Lipinski definition) is 1. The first-order valence-electron chi connectivity index (χ1n) is 3.22. The van der Waals surface area contributed by atoms with E-state index >= 15 is 0 Å². The van der Waals surface area contributed by atoms with Gasteiger partial charge in [0.1, 0.15) is 0 Å². The maximum absolute atomic E-state index is 5.34. The Labute approximate surface area is 55.5 Å². The van der Waals surface area contributed by atoms with Crippen molar-refractivity contribution in [1.82, 2.24) is 0 Å². The molecule has 50 valence electrons. The Morgan fingerprint density at radius 2 is 2.44 bits per heavy atom. The third kappa shape index (κ3) is 1.64. The molecule has 0 atom stereocenters. The van der Waals surface area contributed by atoms with Gasteiger partial charge in [-0.15, -0.1) is 0 Å². The molecule has 2 nitrogen and oxygen atoms in total. The summed E-state index contributed by atoms with van der Waals surface area (Å²) in [6.45, 7) is 5.37. The van der Waals surface area contributed by atoms with Crippen LogP contribution < -0.4 is 5.73 Å². The van der Waals surface area contributed by atoms with Crippen molar-refractivity contribution in [1.29, 1.82) is 0 Å². The predicted molar refractivity (Wildman–Crippen MR) is 39.7 cm³/mol. The Hall–Kier alpha value is -0.630. The minimum atomic E-state index is 0.714. The molecule has 1 aliphatic heterocycles. The number of aliphatic imine (C=N–C) groups is 1. The molecule has 0 unspecified atom stereocenters. The highest BCUT2D eigenvalue weighted by molar-refractivity contribution is 5.88. The van der Waals surface area contributed by atoms with Crippen LogP contribution in [-0.2, 0) is 0 Å². The molecule has 0 aromatic heterocycles. The van der Waals surface area contributed by atoms with Gasteiger partial charge in [0.25, 0.3) is 0 Å². The third-order valence-electron chi connectivity index (χ3n) is 1.41. The van der Waals surface area contributed by atoms with E-state index in [2.05, 4.69) is 11.6 Å². The summed E-state index contributed by atoms with van der Waals surface area (Å²) in [5.74, 6) is 0. The summed E-state index contributed by atoms with van der Waals surface area (Å²) < 4.78 is 0. The Bertz CT molecular complexity index is 147. The normalized spacial score (nSPS) is 18.3. The van der Waals surface area contributed by atoms with Crippen LogP contribution in [0.25, 0.3) is 0 Å². The van der Waals surface area contributed by atoms with Crippen molar-refractivity contribution < 1.29 is 0 Å². The molecule has 0 radical (unpaired) electrons. The lowest BCUT2D eigenvalue weighted by Crippen LogP contribution is -2.05. The van der Waals surface area contributed by atoms with Gasteiger partial charge in [-0.1, -0.05) is 12.2 Å². The van der Waals surface area contributed by atoms with Gasteiger partial charge < -0.3 is 5.73 Å². The molecule has 1 aliphatic rings. The van der Waals surface area contributed by atoms with E-state index in [0.29, 0.717) is 6.54 Å². The molecule has 0 bridgehead atoms. The average Bonchev–Trinajstić information content (AvgIpc) is 2.17. The fourth-order valence-corrected chi connectivity index (χ4v) is 0.958. The van der Waals surface area contributed by atoms with Gasteiger partial charge in [-0.05, 0) is 13.0 Å². The van der Waals surface area contributed by atoms with E-state index in [0.717, 1.165) is 19.4 Å². The molecule has 0 fully saturated rings.